The fourth-order valence-corrected chi connectivity index (χ4v) is 1.03. The van der Waals surface area contributed by atoms with Crippen molar-refractivity contribution < 1.29 is 4.74 Å². The highest BCUT2D eigenvalue weighted by molar-refractivity contribution is 5.61. The molecule has 0 fully saturated rings. The highest BCUT2D eigenvalue weighted by Gasteiger charge is 2.00. The van der Waals surface area contributed by atoms with Gasteiger partial charge in [0.25, 0.3) is 0 Å². The van der Waals surface area contributed by atoms with Gasteiger partial charge in [-0.2, -0.15) is 10.5 Å². The van der Waals surface area contributed by atoms with E-state index in [0.717, 1.165) is 0 Å². The van der Waals surface area contributed by atoms with Crippen LogP contribution in [-0.4, -0.2) is 7.11 Å². The van der Waals surface area contributed by atoms with Gasteiger partial charge in [-0.1, -0.05) is 0 Å². The van der Waals surface area contributed by atoms with Gasteiger partial charge in [0.15, 0.2) is 0 Å². The molecule has 68 valence electrons. The number of benzene rings is 1. The summed E-state index contributed by atoms with van der Waals surface area (Å²) in [5.41, 5.74) is 1.21. The first-order valence-corrected chi connectivity index (χ1v) is 3.96. The average Bonchev–Trinajstić information content (AvgIpc) is 2.25. The summed E-state index contributed by atoms with van der Waals surface area (Å²) in [4.78, 5) is 0. The topological polar surface area (TPSA) is 56.8 Å². The molecule has 0 amide bonds. The van der Waals surface area contributed by atoms with Crippen molar-refractivity contribution in [3.8, 4) is 17.9 Å². The van der Waals surface area contributed by atoms with Crippen molar-refractivity contribution in [1.82, 2.24) is 0 Å². The van der Waals surface area contributed by atoms with Crippen molar-refractivity contribution >= 4 is 6.08 Å². The maximum atomic E-state index is 8.77. The van der Waals surface area contributed by atoms with Crippen molar-refractivity contribution in [1.29, 1.82) is 10.5 Å². The smallest absolute Gasteiger partial charge is 0.119 e. The number of nitrogens with zero attached hydrogens (tertiary/aromatic N) is 2. The fourth-order valence-electron chi connectivity index (χ4n) is 1.03. The van der Waals surface area contributed by atoms with Gasteiger partial charge in [-0.3, -0.25) is 0 Å². The monoisotopic (exact) mass is 184 g/mol. The Morgan fingerprint density at radius 1 is 1.36 bits per heavy atom. The van der Waals surface area contributed by atoms with E-state index in [1.54, 1.807) is 31.4 Å². The van der Waals surface area contributed by atoms with Crippen LogP contribution in [0.5, 0.6) is 5.75 Å². The molecular weight excluding hydrogens is 176 g/mol. The third-order valence-corrected chi connectivity index (χ3v) is 1.72. The molecule has 14 heavy (non-hydrogen) atoms. The first-order chi connectivity index (χ1) is 6.81. The number of allylic oxidation sites excluding steroid dienone is 1. The maximum absolute atomic E-state index is 8.77. The van der Waals surface area contributed by atoms with E-state index in [9.17, 15) is 0 Å². The van der Waals surface area contributed by atoms with Gasteiger partial charge in [0, 0.05) is 6.08 Å². The van der Waals surface area contributed by atoms with Gasteiger partial charge >= 0.3 is 0 Å². The summed E-state index contributed by atoms with van der Waals surface area (Å²) in [6.45, 7) is 0. The molecule has 3 heteroatoms. The molecule has 1 aromatic carbocycles. The first kappa shape index (κ1) is 9.83. The molecule has 0 saturated carbocycles. The number of hydrogen-bond donors (Lipinski definition) is 0. The van der Waals surface area contributed by atoms with Gasteiger partial charge in [-0.15, -0.1) is 0 Å². The first-order valence-electron chi connectivity index (χ1n) is 3.96. The third kappa shape index (κ3) is 2.12. The van der Waals surface area contributed by atoms with Crippen LogP contribution in [0.2, 0.25) is 0 Å². The zero-order valence-electron chi connectivity index (χ0n) is 7.69. The summed E-state index contributed by atoms with van der Waals surface area (Å²) in [5.74, 6) is 0.668. The van der Waals surface area contributed by atoms with Gasteiger partial charge in [-0.25, -0.2) is 0 Å². The molecule has 0 saturated heterocycles. The second-order valence-electron chi connectivity index (χ2n) is 2.53. The van der Waals surface area contributed by atoms with Crippen LogP contribution in [0.4, 0.5) is 0 Å². The Hall–Kier alpha value is -2.26. The van der Waals surface area contributed by atoms with Crippen LogP contribution < -0.4 is 4.74 Å². The Kier molecular flexibility index (Phi) is 3.29. The minimum atomic E-state index is 0.525. The summed E-state index contributed by atoms with van der Waals surface area (Å²) in [5, 5.41) is 17.1. The van der Waals surface area contributed by atoms with Crippen LogP contribution in [0.25, 0.3) is 6.08 Å². The molecule has 0 atom stereocenters. The van der Waals surface area contributed by atoms with Crippen molar-refractivity contribution in [2.75, 3.05) is 7.11 Å². The normalized spacial score (nSPS) is 9.36. The second-order valence-corrected chi connectivity index (χ2v) is 2.53. The largest absolute Gasteiger partial charge is 0.497 e. The van der Waals surface area contributed by atoms with Crippen LogP contribution in [0.15, 0.2) is 24.3 Å². The van der Waals surface area contributed by atoms with E-state index in [0.29, 0.717) is 16.9 Å². The fraction of sp³-hybridized carbons (Fsp3) is 0.0909. The lowest BCUT2D eigenvalue weighted by molar-refractivity contribution is 0.414. The molecule has 0 bridgehead atoms. The Morgan fingerprint density at radius 3 is 2.71 bits per heavy atom. The van der Waals surface area contributed by atoms with E-state index in [1.165, 1.54) is 6.08 Å². The molecule has 3 nitrogen and oxygen atoms in total. The van der Waals surface area contributed by atoms with Gasteiger partial charge in [-0.05, 0) is 29.8 Å². The van der Waals surface area contributed by atoms with Gasteiger partial charge in [0.1, 0.15) is 5.75 Å². The Bertz CT molecular complexity index is 436. The Labute approximate surface area is 82.5 Å². The molecule has 0 radical (unpaired) electrons. The molecule has 1 aromatic rings. The summed E-state index contributed by atoms with van der Waals surface area (Å²) in [6, 6.07) is 9.00. The van der Waals surface area contributed by atoms with E-state index < -0.39 is 0 Å². The lowest BCUT2D eigenvalue weighted by Crippen LogP contribution is -1.86. The van der Waals surface area contributed by atoms with Crippen molar-refractivity contribution in [2.45, 2.75) is 0 Å². The van der Waals surface area contributed by atoms with E-state index in [2.05, 4.69) is 0 Å². The predicted molar refractivity (Wildman–Crippen MR) is 52.4 cm³/mol. The van der Waals surface area contributed by atoms with Crippen LogP contribution in [-0.2, 0) is 0 Å². The lowest BCUT2D eigenvalue weighted by atomic mass is 10.1. The number of rotatable bonds is 2. The maximum Gasteiger partial charge on any atom is 0.119 e. The molecule has 0 N–H and O–H groups in total. The van der Waals surface area contributed by atoms with E-state index in [1.807, 2.05) is 12.1 Å². The molecule has 1 rings (SSSR count). The van der Waals surface area contributed by atoms with E-state index >= 15 is 0 Å². The standard InChI is InChI=1S/C11H8N2O/c1-14-11-5-4-10(8-13)9(7-11)3-2-6-12/h2-5,7H,1H3. The average molecular weight is 184 g/mol. The summed E-state index contributed by atoms with van der Waals surface area (Å²) >= 11 is 0. The quantitative estimate of drug-likeness (QED) is 0.661. The van der Waals surface area contributed by atoms with Gasteiger partial charge in [0.05, 0.1) is 24.8 Å². The number of methoxy groups -OCH3 is 1. The lowest BCUT2D eigenvalue weighted by Gasteiger charge is -2.01. The predicted octanol–water partition coefficient (Wildman–Crippen LogP) is 2.10. The molecule has 0 aliphatic carbocycles. The molecule has 0 spiro atoms. The zero-order chi connectivity index (χ0) is 10.4. The van der Waals surface area contributed by atoms with Crippen LogP contribution in [0.1, 0.15) is 11.1 Å². The summed E-state index contributed by atoms with van der Waals surface area (Å²) in [7, 11) is 1.55. The highest BCUT2D eigenvalue weighted by Crippen LogP contribution is 2.18. The molecule has 0 aromatic heterocycles. The number of ether oxygens (including phenoxy) is 1. The van der Waals surface area contributed by atoms with Gasteiger partial charge in [0.2, 0.25) is 0 Å². The number of hydrogen-bond acceptors (Lipinski definition) is 3. The minimum Gasteiger partial charge on any atom is -0.497 e. The third-order valence-electron chi connectivity index (χ3n) is 1.72. The summed E-state index contributed by atoms with van der Waals surface area (Å²) in [6.07, 6.45) is 2.91. The van der Waals surface area contributed by atoms with Crippen molar-refractivity contribution in [3.05, 3.63) is 35.4 Å². The van der Waals surface area contributed by atoms with Crippen LogP contribution >= 0.6 is 0 Å². The molecule has 0 unspecified atom stereocenters. The molecular formula is C11H8N2O. The second kappa shape index (κ2) is 4.69. The van der Waals surface area contributed by atoms with Crippen molar-refractivity contribution in [3.63, 3.8) is 0 Å². The summed E-state index contributed by atoms with van der Waals surface area (Å²) < 4.78 is 5.01. The zero-order valence-corrected chi connectivity index (χ0v) is 7.69. The van der Waals surface area contributed by atoms with E-state index in [4.69, 9.17) is 15.3 Å². The van der Waals surface area contributed by atoms with E-state index in [-0.39, 0.29) is 0 Å². The van der Waals surface area contributed by atoms with Gasteiger partial charge < -0.3 is 4.74 Å². The van der Waals surface area contributed by atoms with Crippen LogP contribution in [0.3, 0.4) is 0 Å². The van der Waals surface area contributed by atoms with Crippen LogP contribution in [0, 0.1) is 22.7 Å². The SMILES string of the molecule is COc1ccc(C#N)c(C=CC#N)c1. The number of nitriles is 2. The molecule has 0 aliphatic rings. The minimum absolute atomic E-state index is 0.525. The highest BCUT2D eigenvalue weighted by atomic mass is 16.5. The Balaban J connectivity index is 3.18. The molecule has 0 heterocycles. The molecule has 0 aliphatic heterocycles. The van der Waals surface area contributed by atoms with Crippen molar-refractivity contribution in [2.24, 2.45) is 0 Å². The Morgan fingerprint density at radius 2 is 2.14 bits per heavy atom.